The van der Waals surface area contributed by atoms with E-state index in [9.17, 15) is 18.0 Å². The lowest BCUT2D eigenvalue weighted by atomic mass is 10.1. The number of anilines is 4. The van der Waals surface area contributed by atoms with E-state index in [-0.39, 0.29) is 22.3 Å². The van der Waals surface area contributed by atoms with Crippen LogP contribution in [0.25, 0.3) is 11.0 Å². The third-order valence-electron chi connectivity index (χ3n) is 6.19. The largest absolute Gasteiger partial charge is 0.497 e. The van der Waals surface area contributed by atoms with E-state index in [1.807, 2.05) is 0 Å². The van der Waals surface area contributed by atoms with Crippen molar-refractivity contribution in [2.75, 3.05) is 29.1 Å². The van der Waals surface area contributed by atoms with Gasteiger partial charge in [-0.1, -0.05) is 18.2 Å². The number of hydrogen-bond donors (Lipinski definition) is 3. The van der Waals surface area contributed by atoms with Crippen LogP contribution in [-0.4, -0.2) is 50.3 Å². The predicted molar refractivity (Wildman–Crippen MR) is 150 cm³/mol. The maximum Gasteiger partial charge on any atom is 0.263 e. The highest BCUT2D eigenvalue weighted by molar-refractivity contribution is 7.92. The van der Waals surface area contributed by atoms with Crippen LogP contribution >= 0.6 is 0 Å². The van der Waals surface area contributed by atoms with E-state index in [0.717, 1.165) is 0 Å². The predicted octanol–water partition coefficient (Wildman–Crippen LogP) is 3.70. The molecule has 0 fully saturated rings. The number of carbonyl (C=O) groups excluding carboxylic acids is 2. The minimum absolute atomic E-state index is 0.0600. The van der Waals surface area contributed by atoms with Crippen molar-refractivity contribution in [2.24, 2.45) is 5.73 Å². The van der Waals surface area contributed by atoms with Crippen molar-refractivity contribution < 1.29 is 22.7 Å². The number of nitrogens with one attached hydrogen (secondary N) is 2. The van der Waals surface area contributed by atoms with Crippen LogP contribution in [0, 0.1) is 0 Å². The molecule has 1 heterocycles. The van der Waals surface area contributed by atoms with E-state index in [1.165, 1.54) is 26.2 Å². The van der Waals surface area contributed by atoms with Gasteiger partial charge in [0.1, 0.15) is 11.8 Å². The molecule has 4 rings (SSSR count). The first-order valence-electron chi connectivity index (χ1n) is 11.9. The normalized spacial score (nSPS) is 12.0. The summed E-state index contributed by atoms with van der Waals surface area (Å²) < 4.78 is 34.8. The van der Waals surface area contributed by atoms with Gasteiger partial charge in [-0.3, -0.25) is 14.3 Å². The van der Waals surface area contributed by atoms with Gasteiger partial charge in [0, 0.05) is 24.4 Å². The van der Waals surface area contributed by atoms with Gasteiger partial charge in [-0.15, -0.1) is 0 Å². The average molecular weight is 549 g/mol. The molecule has 4 aromatic rings. The number of primary amides is 1. The molecule has 0 unspecified atom stereocenters. The number of carbonyl (C=O) groups is 2. The number of amides is 1. The average Bonchev–Trinajstić information content (AvgIpc) is 2.92. The molecule has 0 aliphatic rings. The quantitative estimate of drug-likeness (QED) is 0.251. The third-order valence-corrected chi connectivity index (χ3v) is 7.53. The molecule has 1 atom stereocenters. The molecule has 0 bridgehead atoms. The summed E-state index contributed by atoms with van der Waals surface area (Å²) >= 11 is 0. The van der Waals surface area contributed by atoms with Crippen molar-refractivity contribution in [3.63, 3.8) is 0 Å². The van der Waals surface area contributed by atoms with Crippen molar-refractivity contribution in [1.29, 1.82) is 0 Å². The van der Waals surface area contributed by atoms with E-state index in [1.54, 1.807) is 73.5 Å². The Kier molecular flexibility index (Phi) is 7.68. The van der Waals surface area contributed by atoms with Gasteiger partial charge in [0.15, 0.2) is 17.4 Å². The first-order chi connectivity index (χ1) is 18.5. The summed E-state index contributed by atoms with van der Waals surface area (Å²) in [5.74, 6) is -0.251. The molecule has 0 aliphatic carbocycles. The molecule has 0 saturated heterocycles. The maximum atomic E-state index is 13.5. The lowest BCUT2D eigenvalue weighted by Gasteiger charge is -2.25. The van der Waals surface area contributed by atoms with Crippen LogP contribution in [0.1, 0.15) is 24.2 Å². The van der Waals surface area contributed by atoms with Crippen molar-refractivity contribution in [1.82, 2.24) is 9.97 Å². The topological polar surface area (TPSA) is 157 Å². The van der Waals surface area contributed by atoms with Gasteiger partial charge >= 0.3 is 0 Å². The highest BCUT2D eigenvalue weighted by Crippen LogP contribution is 2.31. The van der Waals surface area contributed by atoms with Crippen molar-refractivity contribution in [3.8, 4) is 5.75 Å². The van der Waals surface area contributed by atoms with Crippen LogP contribution in [0.5, 0.6) is 5.75 Å². The Bertz CT molecular complexity index is 1670. The second-order valence-corrected chi connectivity index (χ2v) is 10.5. The van der Waals surface area contributed by atoms with Crippen LogP contribution in [0.15, 0.2) is 71.6 Å². The minimum Gasteiger partial charge on any atom is -0.497 e. The Labute approximate surface area is 226 Å². The van der Waals surface area contributed by atoms with Crippen molar-refractivity contribution in [2.45, 2.75) is 24.8 Å². The van der Waals surface area contributed by atoms with Gasteiger partial charge in [-0.05, 0) is 56.3 Å². The monoisotopic (exact) mass is 548 g/mol. The van der Waals surface area contributed by atoms with E-state index in [0.29, 0.717) is 33.7 Å². The summed E-state index contributed by atoms with van der Waals surface area (Å²) in [6.07, 6.45) is 0. The molecule has 4 N–H and O–H groups in total. The number of nitrogens with zero attached hydrogens (tertiary/aromatic N) is 3. The summed E-state index contributed by atoms with van der Waals surface area (Å²) in [7, 11) is -1.02. The van der Waals surface area contributed by atoms with Gasteiger partial charge in [-0.2, -0.15) is 0 Å². The zero-order chi connectivity index (χ0) is 28.3. The number of rotatable bonds is 10. The number of para-hydroxylation sites is 2. The maximum absolute atomic E-state index is 13.5. The summed E-state index contributed by atoms with van der Waals surface area (Å²) in [6.45, 7) is 3.05. The van der Waals surface area contributed by atoms with Crippen LogP contribution in [-0.2, 0) is 14.8 Å². The highest BCUT2D eigenvalue weighted by atomic mass is 32.2. The lowest BCUT2D eigenvalue weighted by Crippen LogP contribution is -2.40. The number of nitrogens with two attached hydrogens (primary N) is 1. The third kappa shape index (κ3) is 5.91. The molecule has 202 valence electrons. The molecular formula is C27H28N6O5S. The molecule has 39 heavy (non-hydrogen) atoms. The Morgan fingerprint density at radius 2 is 1.64 bits per heavy atom. The van der Waals surface area contributed by atoms with Gasteiger partial charge < -0.3 is 20.7 Å². The Morgan fingerprint density at radius 3 is 2.26 bits per heavy atom. The second-order valence-electron chi connectivity index (χ2n) is 8.79. The number of methoxy groups -OCH3 is 1. The number of ketones is 1. The van der Waals surface area contributed by atoms with E-state index in [4.69, 9.17) is 10.5 Å². The van der Waals surface area contributed by atoms with Crippen LogP contribution in [0.3, 0.4) is 0 Å². The fraction of sp³-hybridized carbons (Fsp3) is 0.185. The summed E-state index contributed by atoms with van der Waals surface area (Å²) in [4.78, 5) is 34.5. The van der Waals surface area contributed by atoms with Gasteiger partial charge in [0.25, 0.3) is 10.0 Å². The van der Waals surface area contributed by atoms with Gasteiger partial charge in [-0.25, -0.2) is 18.4 Å². The molecule has 0 aliphatic heterocycles. The molecular weight excluding hydrogens is 520 g/mol. The number of ether oxygens (including phenoxy) is 1. The fourth-order valence-electron chi connectivity index (χ4n) is 3.82. The van der Waals surface area contributed by atoms with Gasteiger partial charge in [0.2, 0.25) is 5.91 Å². The number of sulfonamides is 1. The molecule has 0 saturated carbocycles. The molecule has 0 radical (unpaired) electrons. The zero-order valence-electron chi connectivity index (χ0n) is 21.8. The Morgan fingerprint density at radius 1 is 0.974 bits per heavy atom. The van der Waals surface area contributed by atoms with Gasteiger partial charge in [0.05, 0.1) is 28.7 Å². The smallest absolute Gasteiger partial charge is 0.263 e. The molecule has 1 amide bonds. The molecule has 0 spiro atoms. The number of Topliss-reactive ketones (excluding diaryl/α,β-unsaturated/α-hetero) is 1. The van der Waals surface area contributed by atoms with E-state index < -0.39 is 22.0 Å². The number of benzene rings is 3. The number of likely N-dealkylation sites (N-methyl/N-ethyl adjacent to an activating group) is 1. The van der Waals surface area contributed by atoms with Crippen molar-refractivity contribution >= 4 is 55.8 Å². The number of fused-ring (bicyclic) bond motifs is 1. The SMILES string of the molecule is COc1ccc(C(C)=O)c(Nc2nc3ccccc3nc2NS(=O)(=O)c2cccc(N(C)[C@@H](C)C(N)=O)c2)c1. The van der Waals surface area contributed by atoms with Crippen LogP contribution in [0.2, 0.25) is 0 Å². The second kappa shape index (κ2) is 11.0. The highest BCUT2D eigenvalue weighted by Gasteiger charge is 2.22. The van der Waals surface area contributed by atoms with E-state index >= 15 is 0 Å². The Hall–Kier alpha value is -4.71. The zero-order valence-corrected chi connectivity index (χ0v) is 22.6. The molecule has 1 aromatic heterocycles. The summed E-state index contributed by atoms with van der Waals surface area (Å²) in [5, 5.41) is 3.06. The summed E-state index contributed by atoms with van der Waals surface area (Å²) in [5.41, 5.74) is 7.60. The lowest BCUT2D eigenvalue weighted by molar-refractivity contribution is -0.118. The van der Waals surface area contributed by atoms with Crippen LogP contribution < -0.4 is 25.4 Å². The first kappa shape index (κ1) is 27.3. The molecule has 3 aromatic carbocycles. The fourth-order valence-corrected chi connectivity index (χ4v) is 4.87. The summed E-state index contributed by atoms with van der Waals surface area (Å²) in [6, 6.07) is 17.3. The first-order valence-corrected chi connectivity index (χ1v) is 13.4. The Balaban J connectivity index is 1.78. The molecule has 11 nitrogen and oxygen atoms in total. The molecule has 12 heteroatoms. The van der Waals surface area contributed by atoms with Crippen LogP contribution in [0.4, 0.5) is 23.0 Å². The standard InChI is InChI=1S/C27H28N6O5S/c1-16(25(28)35)33(3)18-8-7-9-20(14-18)39(36,37)32-27-26(29-22-10-5-6-11-23(22)30-27)31-24-15-19(38-4)12-13-21(24)17(2)34/h5-16H,1-4H3,(H2,28,35)(H,29,31)(H,30,32)/t16-/m0/s1. The van der Waals surface area contributed by atoms with E-state index in [2.05, 4.69) is 20.0 Å². The minimum atomic E-state index is -4.16. The van der Waals surface area contributed by atoms with Crippen molar-refractivity contribution in [3.05, 3.63) is 72.3 Å². The number of aromatic nitrogens is 2. The number of hydrogen-bond acceptors (Lipinski definition) is 9.